The Labute approximate surface area is 112 Å². The first-order chi connectivity index (χ1) is 9.08. The van der Waals surface area contributed by atoms with Crippen molar-refractivity contribution in [3.63, 3.8) is 0 Å². The number of likely N-dealkylation sites (tertiary alicyclic amines) is 1. The summed E-state index contributed by atoms with van der Waals surface area (Å²) in [5.74, 6) is -0.489. The zero-order valence-corrected chi connectivity index (χ0v) is 11.1. The number of primary amides is 1. The highest BCUT2D eigenvalue weighted by molar-refractivity contribution is 5.96. The van der Waals surface area contributed by atoms with E-state index in [2.05, 4.69) is 10.2 Å². The van der Waals surface area contributed by atoms with Crippen molar-refractivity contribution in [2.24, 2.45) is 5.73 Å². The smallest absolute Gasteiger partial charge is 0.248 e. The van der Waals surface area contributed by atoms with Gasteiger partial charge >= 0.3 is 0 Å². The van der Waals surface area contributed by atoms with Gasteiger partial charge in [-0.2, -0.15) is 0 Å². The number of hydrogen-bond donors (Lipinski definition) is 2. The van der Waals surface area contributed by atoms with Gasteiger partial charge < -0.3 is 11.1 Å². The van der Waals surface area contributed by atoms with Crippen molar-refractivity contribution in [1.29, 1.82) is 0 Å². The predicted molar refractivity (Wildman–Crippen MR) is 73.9 cm³/mol. The minimum Gasteiger partial charge on any atom is -0.366 e. The first-order valence-electron chi connectivity index (χ1n) is 6.52. The molecule has 5 heteroatoms. The molecule has 1 aromatic rings. The molecule has 0 aromatic heterocycles. The summed E-state index contributed by atoms with van der Waals surface area (Å²) in [5.41, 5.74) is 6.28. The molecule has 0 unspecified atom stereocenters. The second-order valence-corrected chi connectivity index (χ2v) is 4.85. The Morgan fingerprint density at radius 3 is 2.32 bits per heavy atom. The van der Waals surface area contributed by atoms with Crippen LogP contribution >= 0.6 is 0 Å². The predicted octanol–water partition coefficient (Wildman–Crippen LogP) is 1.21. The van der Waals surface area contributed by atoms with E-state index >= 15 is 0 Å². The number of benzene rings is 1. The van der Waals surface area contributed by atoms with Crippen LogP contribution in [0.2, 0.25) is 0 Å². The summed E-state index contributed by atoms with van der Waals surface area (Å²) in [7, 11) is 0. The number of carbonyl (C=O) groups excluding carboxylic acids is 2. The van der Waals surface area contributed by atoms with Gasteiger partial charge in [0.2, 0.25) is 11.8 Å². The molecular formula is C14H19N3O2. The number of anilines is 1. The molecule has 19 heavy (non-hydrogen) atoms. The van der Waals surface area contributed by atoms with Crippen LogP contribution < -0.4 is 11.1 Å². The number of nitrogens with one attached hydrogen (secondary N) is 1. The maximum Gasteiger partial charge on any atom is 0.248 e. The van der Waals surface area contributed by atoms with Crippen LogP contribution in [-0.4, -0.2) is 35.8 Å². The SMILES string of the molecule is C[C@H](C(=O)Nc1ccc(C(N)=O)cc1)N1CCCC1. The van der Waals surface area contributed by atoms with Crippen LogP contribution in [0.15, 0.2) is 24.3 Å². The molecule has 5 nitrogen and oxygen atoms in total. The molecule has 0 bridgehead atoms. The normalized spacial score (nSPS) is 17.1. The summed E-state index contributed by atoms with van der Waals surface area (Å²) < 4.78 is 0. The largest absolute Gasteiger partial charge is 0.366 e. The van der Waals surface area contributed by atoms with Crippen molar-refractivity contribution in [3.8, 4) is 0 Å². The fourth-order valence-corrected chi connectivity index (χ4v) is 2.26. The van der Waals surface area contributed by atoms with Gasteiger partial charge in [-0.25, -0.2) is 0 Å². The van der Waals surface area contributed by atoms with E-state index in [0.717, 1.165) is 25.9 Å². The molecule has 1 aliphatic rings. The van der Waals surface area contributed by atoms with E-state index < -0.39 is 5.91 Å². The lowest BCUT2D eigenvalue weighted by Crippen LogP contribution is -2.40. The van der Waals surface area contributed by atoms with E-state index in [4.69, 9.17) is 5.73 Å². The van der Waals surface area contributed by atoms with Crippen LogP contribution in [0.25, 0.3) is 0 Å². The van der Waals surface area contributed by atoms with Gasteiger partial charge in [-0.3, -0.25) is 14.5 Å². The molecule has 0 aliphatic carbocycles. The zero-order valence-electron chi connectivity index (χ0n) is 11.1. The molecule has 1 fully saturated rings. The zero-order chi connectivity index (χ0) is 13.8. The molecule has 2 rings (SSSR count). The Morgan fingerprint density at radius 1 is 1.21 bits per heavy atom. The van der Waals surface area contributed by atoms with Gasteiger partial charge in [0.15, 0.2) is 0 Å². The van der Waals surface area contributed by atoms with Crippen LogP contribution in [0.1, 0.15) is 30.1 Å². The topological polar surface area (TPSA) is 75.4 Å². The number of rotatable bonds is 4. The van der Waals surface area contributed by atoms with Crippen molar-refractivity contribution >= 4 is 17.5 Å². The molecule has 1 aromatic carbocycles. The van der Waals surface area contributed by atoms with Crippen molar-refractivity contribution in [1.82, 2.24) is 4.90 Å². The fourth-order valence-electron chi connectivity index (χ4n) is 2.26. The van der Waals surface area contributed by atoms with Crippen LogP contribution in [0.3, 0.4) is 0 Å². The number of nitrogens with zero attached hydrogens (tertiary/aromatic N) is 1. The van der Waals surface area contributed by atoms with Gasteiger partial charge in [-0.1, -0.05) is 0 Å². The van der Waals surface area contributed by atoms with E-state index in [1.54, 1.807) is 24.3 Å². The van der Waals surface area contributed by atoms with Gasteiger partial charge in [0.25, 0.3) is 0 Å². The number of carbonyl (C=O) groups is 2. The summed E-state index contributed by atoms with van der Waals surface area (Å²) in [6, 6.07) is 6.47. The van der Waals surface area contributed by atoms with E-state index in [1.165, 1.54) is 0 Å². The monoisotopic (exact) mass is 261 g/mol. The molecule has 1 saturated heterocycles. The summed E-state index contributed by atoms with van der Waals surface area (Å²) in [6.07, 6.45) is 2.32. The summed E-state index contributed by atoms with van der Waals surface area (Å²) >= 11 is 0. The quantitative estimate of drug-likeness (QED) is 0.855. The Hall–Kier alpha value is -1.88. The molecular weight excluding hydrogens is 242 g/mol. The highest BCUT2D eigenvalue weighted by Gasteiger charge is 2.23. The van der Waals surface area contributed by atoms with Crippen LogP contribution in [0.4, 0.5) is 5.69 Å². The summed E-state index contributed by atoms with van der Waals surface area (Å²) in [6.45, 7) is 3.88. The van der Waals surface area contributed by atoms with Gasteiger partial charge in [0.1, 0.15) is 0 Å². The maximum absolute atomic E-state index is 12.1. The highest BCUT2D eigenvalue weighted by atomic mass is 16.2. The second-order valence-electron chi connectivity index (χ2n) is 4.85. The average molecular weight is 261 g/mol. The molecule has 0 radical (unpaired) electrons. The molecule has 102 valence electrons. The summed E-state index contributed by atoms with van der Waals surface area (Å²) in [5, 5.41) is 2.85. The second kappa shape index (κ2) is 5.84. The van der Waals surface area contributed by atoms with Crippen molar-refractivity contribution in [3.05, 3.63) is 29.8 Å². The number of amides is 2. The molecule has 1 heterocycles. The molecule has 3 N–H and O–H groups in total. The van der Waals surface area contributed by atoms with Crippen LogP contribution in [-0.2, 0) is 4.79 Å². The summed E-state index contributed by atoms with van der Waals surface area (Å²) in [4.78, 5) is 25.2. The minimum atomic E-state index is -0.469. The Bertz CT molecular complexity index is 464. The van der Waals surface area contributed by atoms with Gasteiger partial charge in [-0.15, -0.1) is 0 Å². The Balaban J connectivity index is 1.96. The lowest BCUT2D eigenvalue weighted by Gasteiger charge is -2.22. The molecule has 0 spiro atoms. The van der Waals surface area contributed by atoms with Gasteiger partial charge in [0, 0.05) is 11.3 Å². The third-order valence-corrected chi connectivity index (χ3v) is 3.50. The highest BCUT2D eigenvalue weighted by Crippen LogP contribution is 2.14. The number of hydrogen-bond acceptors (Lipinski definition) is 3. The first kappa shape index (κ1) is 13.5. The van der Waals surface area contributed by atoms with Crippen molar-refractivity contribution < 1.29 is 9.59 Å². The van der Waals surface area contributed by atoms with E-state index in [0.29, 0.717) is 11.3 Å². The third kappa shape index (κ3) is 3.32. The van der Waals surface area contributed by atoms with Crippen molar-refractivity contribution in [2.75, 3.05) is 18.4 Å². The molecule has 0 saturated carbocycles. The van der Waals surface area contributed by atoms with Crippen LogP contribution in [0, 0.1) is 0 Å². The maximum atomic E-state index is 12.1. The minimum absolute atomic E-state index is 0.0197. The molecule has 2 amide bonds. The lowest BCUT2D eigenvalue weighted by atomic mass is 10.2. The average Bonchev–Trinajstić information content (AvgIpc) is 2.92. The van der Waals surface area contributed by atoms with Crippen LogP contribution in [0.5, 0.6) is 0 Å². The van der Waals surface area contributed by atoms with Gasteiger partial charge in [0.05, 0.1) is 6.04 Å². The fraction of sp³-hybridized carbons (Fsp3) is 0.429. The standard InChI is InChI=1S/C14H19N3O2/c1-10(17-8-2-3-9-17)14(19)16-12-6-4-11(5-7-12)13(15)18/h4-7,10H,2-3,8-9H2,1H3,(H2,15,18)(H,16,19)/t10-/m1/s1. The first-order valence-corrected chi connectivity index (χ1v) is 6.52. The van der Waals surface area contributed by atoms with Crippen molar-refractivity contribution in [2.45, 2.75) is 25.8 Å². The molecule has 1 aliphatic heterocycles. The lowest BCUT2D eigenvalue weighted by molar-refractivity contribution is -0.120. The molecule has 1 atom stereocenters. The van der Waals surface area contributed by atoms with E-state index in [-0.39, 0.29) is 11.9 Å². The Morgan fingerprint density at radius 2 is 1.79 bits per heavy atom. The van der Waals surface area contributed by atoms with Gasteiger partial charge in [-0.05, 0) is 57.1 Å². The Kier molecular flexibility index (Phi) is 4.16. The van der Waals surface area contributed by atoms with E-state index in [9.17, 15) is 9.59 Å². The number of nitrogens with two attached hydrogens (primary N) is 1. The third-order valence-electron chi connectivity index (χ3n) is 3.50. The van der Waals surface area contributed by atoms with E-state index in [1.807, 2.05) is 6.92 Å².